The molecule has 0 bridgehead atoms. The van der Waals surface area contributed by atoms with Crippen molar-refractivity contribution < 1.29 is 64.0 Å². The zero-order valence-electron chi connectivity index (χ0n) is 17.0. The van der Waals surface area contributed by atoms with Crippen LogP contribution in [0.2, 0.25) is 0 Å². The highest BCUT2D eigenvalue weighted by molar-refractivity contribution is 5.74. The lowest BCUT2D eigenvalue weighted by atomic mass is 9.84. The Morgan fingerprint density at radius 3 is 1.63 bits per heavy atom. The summed E-state index contributed by atoms with van der Waals surface area (Å²) >= 11 is 0. The molecule has 2 aromatic carbocycles. The van der Waals surface area contributed by atoms with Crippen LogP contribution in [-0.4, -0.2) is 48.7 Å². The van der Waals surface area contributed by atoms with Crippen molar-refractivity contribution in [3.8, 4) is 11.5 Å². The highest BCUT2D eigenvalue weighted by Crippen LogP contribution is 2.35. The molecule has 2 aromatic rings. The van der Waals surface area contributed by atoms with Gasteiger partial charge < -0.3 is 29.8 Å². The zero-order valence-corrected chi connectivity index (χ0v) is 17.0. The van der Waals surface area contributed by atoms with Crippen molar-refractivity contribution in [2.24, 2.45) is 0 Å². The average Bonchev–Trinajstić information content (AvgIpc) is 2.67. The van der Waals surface area contributed by atoms with Gasteiger partial charge in [0.25, 0.3) is 0 Å². The fourth-order valence-electron chi connectivity index (χ4n) is 3.08. The Morgan fingerprint density at radius 2 is 1.29 bits per heavy atom. The number of nitrogens with one attached hydrogen (secondary N) is 1. The molecule has 0 radical (unpaired) electrons. The molecule has 0 fully saturated rings. The van der Waals surface area contributed by atoms with Gasteiger partial charge in [-0.1, -0.05) is 24.3 Å². The molecule has 0 aliphatic heterocycles. The Labute approximate surface area is 190 Å². The SMILES string of the molecule is O=C([O-])C(NCC(O)C(F)(F)F)C(c1cccc(OC(F)(F)F)c1)c1cccc(OC(F)(F)F)c1. The maximum Gasteiger partial charge on any atom is 0.573 e. The number of carboxylic acids is 1. The maximum atomic E-state index is 12.7. The van der Waals surface area contributed by atoms with Crippen LogP contribution >= 0.6 is 0 Å². The average molecular weight is 520 g/mol. The standard InChI is InChI=1S/C20H16F9NO5/c21-18(22,23)14(31)9-30-16(17(32)33)15(10-3-1-5-12(7-10)34-19(24,25)26)11-4-2-6-13(8-11)35-20(27,28)29/h1-8,14-16,30-31H,9H2,(H,32,33)/p-1. The third-order valence-corrected chi connectivity index (χ3v) is 4.40. The van der Waals surface area contributed by atoms with Crippen molar-refractivity contribution >= 4 is 5.97 Å². The van der Waals surface area contributed by atoms with E-state index in [9.17, 15) is 54.5 Å². The van der Waals surface area contributed by atoms with Crippen molar-refractivity contribution in [3.63, 3.8) is 0 Å². The van der Waals surface area contributed by atoms with Crippen LogP contribution in [0, 0.1) is 0 Å². The van der Waals surface area contributed by atoms with Crippen LogP contribution < -0.4 is 19.9 Å². The van der Waals surface area contributed by atoms with Gasteiger partial charge in [-0.2, -0.15) is 13.2 Å². The Kier molecular flexibility index (Phi) is 8.49. The number of carbonyl (C=O) groups is 1. The minimum Gasteiger partial charge on any atom is -0.548 e. The van der Waals surface area contributed by atoms with Gasteiger partial charge in [0.1, 0.15) is 11.5 Å². The first kappa shape index (κ1) is 28.0. The van der Waals surface area contributed by atoms with Gasteiger partial charge in [-0.05, 0) is 35.4 Å². The number of rotatable bonds is 9. The van der Waals surface area contributed by atoms with Gasteiger partial charge >= 0.3 is 18.9 Å². The van der Waals surface area contributed by atoms with Crippen LogP contribution in [0.25, 0.3) is 0 Å². The van der Waals surface area contributed by atoms with E-state index in [1.54, 1.807) is 0 Å². The summed E-state index contributed by atoms with van der Waals surface area (Å²) in [5.74, 6) is -5.45. The van der Waals surface area contributed by atoms with Crippen LogP contribution in [0.4, 0.5) is 39.5 Å². The molecule has 0 saturated carbocycles. The van der Waals surface area contributed by atoms with Gasteiger partial charge in [-0.15, -0.1) is 26.3 Å². The first-order valence-electron chi connectivity index (χ1n) is 9.37. The number of halogens is 9. The molecule has 0 aliphatic carbocycles. The second-order valence-corrected chi connectivity index (χ2v) is 6.98. The third kappa shape index (κ3) is 8.83. The number of benzene rings is 2. The van der Waals surface area contributed by atoms with E-state index in [0.717, 1.165) is 36.4 Å². The molecule has 0 amide bonds. The number of carbonyl (C=O) groups excluding carboxylic acids is 1. The third-order valence-electron chi connectivity index (χ3n) is 4.40. The zero-order chi connectivity index (χ0) is 26.6. The lowest BCUT2D eigenvalue weighted by Crippen LogP contribution is -2.53. The maximum absolute atomic E-state index is 12.7. The van der Waals surface area contributed by atoms with E-state index in [-0.39, 0.29) is 11.1 Å². The number of aliphatic hydroxyl groups excluding tert-OH is 1. The van der Waals surface area contributed by atoms with E-state index in [0.29, 0.717) is 12.1 Å². The number of aliphatic hydroxyl groups is 1. The lowest BCUT2D eigenvalue weighted by molar-refractivity contribution is -0.309. The molecule has 194 valence electrons. The van der Waals surface area contributed by atoms with E-state index in [2.05, 4.69) is 9.47 Å². The fourth-order valence-corrected chi connectivity index (χ4v) is 3.08. The molecule has 35 heavy (non-hydrogen) atoms. The van der Waals surface area contributed by atoms with Crippen LogP contribution in [0.3, 0.4) is 0 Å². The fraction of sp³-hybridized carbons (Fsp3) is 0.350. The minimum absolute atomic E-state index is 0.306. The van der Waals surface area contributed by atoms with Crippen molar-refractivity contribution in [1.29, 1.82) is 0 Å². The van der Waals surface area contributed by atoms with Crippen LogP contribution in [0.1, 0.15) is 17.0 Å². The molecule has 0 saturated heterocycles. The normalized spacial score (nSPS) is 14.5. The molecule has 0 aliphatic rings. The largest absolute Gasteiger partial charge is 0.573 e. The quantitative estimate of drug-likeness (QED) is 0.494. The van der Waals surface area contributed by atoms with E-state index in [1.165, 1.54) is 0 Å². The van der Waals surface area contributed by atoms with Crippen LogP contribution in [0.5, 0.6) is 11.5 Å². The number of hydrogen-bond donors (Lipinski definition) is 2. The predicted octanol–water partition coefficient (Wildman–Crippen LogP) is 3.25. The molecule has 2 N–H and O–H groups in total. The van der Waals surface area contributed by atoms with Gasteiger partial charge in [0.15, 0.2) is 6.10 Å². The summed E-state index contributed by atoms with van der Waals surface area (Å²) in [7, 11) is 0. The van der Waals surface area contributed by atoms with E-state index >= 15 is 0 Å². The lowest BCUT2D eigenvalue weighted by Gasteiger charge is -2.31. The molecule has 2 atom stereocenters. The monoisotopic (exact) mass is 520 g/mol. The smallest absolute Gasteiger partial charge is 0.548 e. The molecule has 6 nitrogen and oxygen atoms in total. The van der Waals surface area contributed by atoms with Gasteiger partial charge in [0.2, 0.25) is 0 Å². The minimum atomic E-state index is -5.16. The number of hydrogen-bond acceptors (Lipinski definition) is 6. The molecule has 2 rings (SSSR count). The Balaban J connectivity index is 2.57. The van der Waals surface area contributed by atoms with Gasteiger partial charge in [-0.25, -0.2) is 0 Å². The van der Waals surface area contributed by atoms with Gasteiger partial charge in [0, 0.05) is 12.5 Å². The van der Waals surface area contributed by atoms with Gasteiger partial charge in [0.05, 0.1) is 12.0 Å². The molecular weight excluding hydrogens is 505 g/mol. The van der Waals surface area contributed by atoms with E-state index < -0.39 is 61.0 Å². The molecule has 15 heteroatoms. The van der Waals surface area contributed by atoms with Crippen molar-refractivity contribution in [1.82, 2.24) is 5.32 Å². The number of carboxylic acid groups (broad SMARTS) is 1. The van der Waals surface area contributed by atoms with Crippen LogP contribution in [0.15, 0.2) is 48.5 Å². The second-order valence-electron chi connectivity index (χ2n) is 6.98. The molecular formula is C20H15F9NO5-. The molecule has 0 aromatic heterocycles. The molecule has 0 spiro atoms. The Bertz CT molecular complexity index is 948. The van der Waals surface area contributed by atoms with E-state index in [1.807, 2.05) is 5.32 Å². The Morgan fingerprint density at radius 1 is 0.857 bits per heavy atom. The predicted molar refractivity (Wildman–Crippen MR) is 97.0 cm³/mol. The second kappa shape index (κ2) is 10.6. The van der Waals surface area contributed by atoms with Crippen molar-refractivity contribution in [3.05, 3.63) is 59.7 Å². The summed E-state index contributed by atoms with van der Waals surface area (Å²) in [6.45, 7) is -1.38. The van der Waals surface area contributed by atoms with Gasteiger partial charge in [-0.3, -0.25) is 0 Å². The van der Waals surface area contributed by atoms with E-state index in [4.69, 9.17) is 0 Å². The van der Waals surface area contributed by atoms with Crippen LogP contribution in [-0.2, 0) is 4.79 Å². The summed E-state index contributed by atoms with van der Waals surface area (Å²) in [4.78, 5) is 11.8. The summed E-state index contributed by atoms with van der Waals surface area (Å²) in [5.41, 5.74) is -0.613. The number of alkyl halides is 9. The number of ether oxygens (including phenoxy) is 2. The summed E-state index contributed by atoms with van der Waals surface area (Å²) in [5, 5.41) is 22.9. The van der Waals surface area contributed by atoms with Crippen molar-refractivity contribution in [2.45, 2.75) is 37.0 Å². The summed E-state index contributed by atoms with van der Waals surface area (Å²) in [6, 6.07) is 5.06. The highest BCUT2D eigenvalue weighted by Gasteiger charge is 2.39. The number of aliphatic carboxylic acids is 1. The Hall–Kier alpha value is -3.20. The topological polar surface area (TPSA) is 90.9 Å². The van der Waals surface area contributed by atoms with Crippen molar-refractivity contribution in [2.75, 3.05) is 6.54 Å². The first-order valence-corrected chi connectivity index (χ1v) is 9.37. The summed E-state index contributed by atoms with van der Waals surface area (Å²) < 4.78 is 121. The summed E-state index contributed by atoms with van der Waals surface area (Å²) in [6.07, 6.45) is -18.5. The molecule has 2 unspecified atom stereocenters. The first-order chi connectivity index (χ1) is 16.0. The highest BCUT2D eigenvalue weighted by atomic mass is 19.4. The molecule has 0 heterocycles.